The molecule has 2 aromatic carbocycles. The van der Waals surface area contributed by atoms with Crippen LogP contribution in [0, 0.1) is 0 Å². The number of carbonyl (C=O) groups is 1. The number of rotatable bonds is 0. The van der Waals surface area contributed by atoms with Gasteiger partial charge in [-0.05, 0) is 48.2 Å². The first-order valence-corrected chi connectivity index (χ1v) is 10.0. The molecule has 25 heavy (non-hydrogen) atoms. The maximum atomic E-state index is 11.2. The molecule has 1 heterocycles. The predicted molar refractivity (Wildman–Crippen MR) is 103 cm³/mol. The van der Waals surface area contributed by atoms with E-state index in [4.69, 9.17) is 9.47 Å². The Morgan fingerprint density at radius 3 is 2.28 bits per heavy atom. The van der Waals surface area contributed by atoms with E-state index < -0.39 is 5.79 Å². The second-order valence-electron chi connectivity index (χ2n) is 6.48. The fourth-order valence-corrected chi connectivity index (χ4v) is 4.57. The minimum absolute atomic E-state index is 0.285. The molecule has 1 fully saturated rings. The van der Waals surface area contributed by atoms with Crippen molar-refractivity contribution < 1.29 is 14.3 Å². The summed E-state index contributed by atoms with van der Waals surface area (Å²) in [6, 6.07) is 12.2. The van der Waals surface area contributed by atoms with Crippen LogP contribution < -0.4 is 0 Å². The van der Waals surface area contributed by atoms with E-state index in [9.17, 15) is 4.79 Å². The monoisotopic (exact) mass is 464 g/mol. The van der Waals surface area contributed by atoms with E-state index >= 15 is 0 Å². The normalized spacial score (nSPS) is 19.5. The molecule has 1 aliphatic heterocycles. The maximum Gasteiger partial charge on any atom is 0.195 e. The highest BCUT2D eigenvalue weighted by Gasteiger charge is 2.43. The lowest BCUT2D eigenvalue weighted by Gasteiger charge is -2.22. The van der Waals surface area contributed by atoms with E-state index in [1.807, 2.05) is 18.2 Å². The Hall–Kier alpha value is -1.01. The van der Waals surface area contributed by atoms with E-state index in [0.29, 0.717) is 6.42 Å². The molecular formula is C20H18Br2O3. The molecule has 0 atom stereocenters. The van der Waals surface area contributed by atoms with Crippen molar-refractivity contribution >= 4 is 37.6 Å². The number of ketones is 1. The van der Waals surface area contributed by atoms with Crippen molar-refractivity contribution in [3.05, 3.63) is 67.6 Å². The van der Waals surface area contributed by atoms with Gasteiger partial charge in [-0.1, -0.05) is 44.0 Å². The molecule has 0 aromatic heterocycles. The lowest BCUT2D eigenvalue weighted by atomic mass is 10.1. The van der Waals surface area contributed by atoms with Crippen molar-refractivity contribution in [2.24, 2.45) is 0 Å². The molecule has 2 aliphatic carbocycles. The molecule has 1 spiro atoms. The Morgan fingerprint density at radius 1 is 0.840 bits per heavy atom. The third kappa shape index (κ3) is 3.35. The van der Waals surface area contributed by atoms with Gasteiger partial charge in [0.2, 0.25) is 0 Å². The SMILES string of the molecule is Brc1ccc2c(c1)CCC21OCCO1.O=C1CCc2cc(Br)ccc21. The Kier molecular flexibility index (Phi) is 4.84. The molecule has 0 bridgehead atoms. The van der Waals surface area contributed by atoms with Gasteiger partial charge in [-0.2, -0.15) is 0 Å². The van der Waals surface area contributed by atoms with Gasteiger partial charge in [0.15, 0.2) is 11.6 Å². The molecule has 0 unspecified atom stereocenters. The Labute approximate surface area is 164 Å². The molecule has 5 heteroatoms. The standard InChI is InChI=1S/C11H11BrO2.C9H7BrO/c12-9-1-2-10-8(7-9)3-4-11(10)13-5-6-14-11;10-7-2-3-8-6(5-7)1-4-9(8)11/h1-2,7H,3-6H2;2-3,5H,1,4H2. The van der Waals surface area contributed by atoms with Crippen LogP contribution in [0.3, 0.4) is 0 Å². The molecule has 0 radical (unpaired) electrons. The van der Waals surface area contributed by atoms with Crippen LogP contribution in [0.4, 0.5) is 0 Å². The van der Waals surface area contributed by atoms with Gasteiger partial charge < -0.3 is 9.47 Å². The summed E-state index contributed by atoms with van der Waals surface area (Å²) in [6.07, 6.45) is 3.60. The van der Waals surface area contributed by atoms with Gasteiger partial charge in [0, 0.05) is 32.9 Å². The lowest BCUT2D eigenvalue weighted by Crippen LogP contribution is -2.23. The molecule has 1 saturated heterocycles. The number of aryl methyl sites for hydroxylation is 2. The van der Waals surface area contributed by atoms with Gasteiger partial charge in [0.25, 0.3) is 0 Å². The maximum absolute atomic E-state index is 11.2. The summed E-state index contributed by atoms with van der Waals surface area (Å²) < 4.78 is 13.7. The third-order valence-electron chi connectivity index (χ3n) is 4.94. The van der Waals surface area contributed by atoms with E-state index in [1.165, 1.54) is 16.7 Å². The van der Waals surface area contributed by atoms with Crippen molar-refractivity contribution in [2.45, 2.75) is 31.5 Å². The van der Waals surface area contributed by atoms with Crippen LogP contribution in [-0.2, 0) is 28.1 Å². The molecule has 3 aliphatic rings. The van der Waals surface area contributed by atoms with Gasteiger partial charge >= 0.3 is 0 Å². The zero-order valence-corrected chi connectivity index (χ0v) is 16.9. The van der Waals surface area contributed by atoms with Gasteiger partial charge in [0.1, 0.15) is 0 Å². The van der Waals surface area contributed by atoms with Crippen LogP contribution in [0.2, 0.25) is 0 Å². The van der Waals surface area contributed by atoms with E-state index in [1.54, 1.807) is 0 Å². The first kappa shape index (κ1) is 17.4. The minimum atomic E-state index is -0.407. The highest BCUT2D eigenvalue weighted by molar-refractivity contribution is 9.10. The van der Waals surface area contributed by atoms with Crippen molar-refractivity contribution in [1.82, 2.24) is 0 Å². The molecular weight excluding hydrogens is 448 g/mol. The summed E-state index contributed by atoms with van der Waals surface area (Å²) in [4.78, 5) is 11.2. The molecule has 5 rings (SSSR count). The lowest BCUT2D eigenvalue weighted by molar-refractivity contribution is -0.163. The van der Waals surface area contributed by atoms with Gasteiger partial charge in [-0.3, -0.25) is 4.79 Å². The van der Waals surface area contributed by atoms with Crippen molar-refractivity contribution in [3.63, 3.8) is 0 Å². The summed E-state index contributed by atoms with van der Waals surface area (Å²) >= 11 is 6.85. The van der Waals surface area contributed by atoms with Crippen LogP contribution >= 0.6 is 31.9 Å². The topological polar surface area (TPSA) is 35.5 Å². The van der Waals surface area contributed by atoms with Crippen molar-refractivity contribution in [2.75, 3.05) is 13.2 Å². The van der Waals surface area contributed by atoms with Crippen LogP contribution in [-0.4, -0.2) is 19.0 Å². The molecule has 0 N–H and O–H groups in total. The smallest absolute Gasteiger partial charge is 0.195 e. The zero-order valence-electron chi connectivity index (χ0n) is 13.7. The summed E-state index contributed by atoms with van der Waals surface area (Å²) in [5.41, 5.74) is 4.66. The Balaban J connectivity index is 0.000000129. The van der Waals surface area contributed by atoms with Gasteiger partial charge in [-0.25, -0.2) is 0 Å². The zero-order chi connectivity index (χ0) is 17.4. The first-order valence-electron chi connectivity index (χ1n) is 8.46. The molecule has 0 saturated carbocycles. The summed E-state index contributed by atoms with van der Waals surface area (Å²) in [5.74, 6) is -0.122. The summed E-state index contributed by atoms with van der Waals surface area (Å²) in [6.45, 7) is 1.44. The highest BCUT2D eigenvalue weighted by atomic mass is 79.9. The second kappa shape index (κ2) is 6.95. The largest absolute Gasteiger partial charge is 0.343 e. The van der Waals surface area contributed by atoms with Crippen LogP contribution in [0.5, 0.6) is 0 Å². The number of halogens is 2. The van der Waals surface area contributed by atoms with Crippen LogP contribution in [0.1, 0.15) is 39.9 Å². The first-order chi connectivity index (χ1) is 12.1. The number of hydrogen-bond donors (Lipinski definition) is 0. The number of carbonyl (C=O) groups excluding carboxylic acids is 1. The van der Waals surface area contributed by atoms with E-state index in [0.717, 1.165) is 47.0 Å². The number of hydrogen-bond acceptors (Lipinski definition) is 3. The van der Waals surface area contributed by atoms with Gasteiger partial charge in [0.05, 0.1) is 13.2 Å². The fourth-order valence-electron chi connectivity index (χ4n) is 3.75. The molecule has 0 amide bonds. The predicted octanol–water partition coefficient (Wildman–Crippen LogP) is 5.17. The molecule has 3 nitrogen and oxygen atoms in total. The Bertz CT molecular complexity index is 826. The molecule has 130 valence electrons. The number of fused-ring (bicyclic) bond motifs is 3. The van der Waals surface area contributed by atoms with E-state index in [-0.39, 0.29) is 5.78 Å². The van der Waals surface area contributed by atoms with E-state index in [2.05, 4.69) is 50.1 Å². The third-order valence-corrected chi connectivity index (χ3v) is 5.93. The summed E-state index contributed by atoms with van der Waals surface area (Å²) in [5, 5.41) is 0. The second-order valence-corrected chi connectivity index (χ2v) is 8.31. The average molecular weight is 466 g/mol. The van der Waals surface area contributed by atoms with Gasteiger partial charge in [-0.15, -0.1) is 0 Å². The number of Topliss-reactive ketones (excluding diaryl/α,β-unsaturated/α-hetero) is 1. The van der Waals surface area contributed by atoms with Crippen LogP contribution in [0.25, 0.3) is 0 Å². The number of ether oxygens (including phenoxy) is 2. The summed E-state index contributed by atoms with van der Waals surface area (Å²) in [7, 11) is 0. The Morgan fingerprint density at radius 2 is 1.52 bits per heavy atom. The average Bonchev–Trinajstić information content (AvgIpc) is 3.30. The quantitative estimate of drug-likeness (QED) is 0.538. The fraction of sp³-hybridized carbons (Fsp3) is 0.350. The number of benzene rings is 2. The van der Waals surface area contributed by atoms with Crippen molar-refractivity contribution in [3.8, 4) is 0 Å². The van der Waals surface area contributed by atoms with Crippen molar-refractivity contribution in [1.29, 1.82) is 0 Å². The minimum Gasteiger partial charge on any atom is -0.343 e. The highest BCUT2D eigenvalue weighted by Crippen LogP contribution is 2.44. The molecule has 2 aromatic rings. The van der Waals surface area contributed by atoms with Crippen LogP contribution in [0.15, 0.2) is 45.3 Å².